The van der Waals surface area contributed by atoms with Crippen molar-refractivity contribution in [2.75, 3.05) is 12.4 Å². The number of thioether (sulfide) groups is 1. The molecule has 0 saturated carbocycles. The molecule has 2 rings (SSSR count). The van der Waals surface area contributed by atoms with Gasteiger partial charge in [0.15, 0.2) is 0 Å². The second-order valence-corrected chi connectivity index (χ2v) is 6.10. The van der Waals surface area contributed by atoms with Crippen molar-refractivity contribution in [1.29, 1.82) is 0 Å². The zero-order chi connectivity index (χ0) is 16.1. The summed E-state index contributed by atoms with van der Waals surface area (Å²) < 4.78 is 29.6. The van der Waals surface area contributed by atoms with E-state index in [1.54, 1.807) is 18.2 Å². The Hall–Kier alpha value is -1.93. The Bertz CT molecular complexity index is 688. The number of methoxy groups -OCH3 is 1. The number of anilines is 1. The first kappa shape index (κ1) is 16.4. The van der Waals surface area contributed by atoms with Crippen LogP contribution in [-0.4, -0.2) is 24.7 Å². The third-order valence-electron chi connectivity index (χ3n) is 2.58. The Morgan fingerprint density at radius 1 is 1.23 bits per heavy atom. The lowest BCUT2D eigenvalue weighted by molar-refractivity contribution is 0.0606. The summed E-state index contributed by atoms with van der Waals surface area (Å²) in [5.74, 6) is -3.62. The first-order valence-corrected chi connectivity index (χ1v) is 7.74. The summed E-state index contributed by atoms with van der Waals surface area (Å²) in [4.78, 5) is 24.1. The zero-order valence-corrected chi connectivity index (χ0v) is 13.0. The zero-order valence-electron chi connectivity index (χ0n) is 11.3. The van der Waals surface area contributed by atoms with Gasteiger partial charge < -0.3 is 10.1 Å². The summed E-state index contributed by atoms with van der Waals surface area (Å²) in [7, 11) is 1.26. The predicted molar refractivity (Wildman–Crippen MR) is 81.9 cm³/mol. The van der Waals surface area contributed by atoms with Gasteiger partial charge in [0, 0.05) is 4.90 Å². The van der Waals surface area contributed by atoms with Gasteiger partial charge in [-0.3, -0.25) is 4.79 Å². The van der Waals surface area contributed by atoms with Gasteiger partial charge in [-0.05, 0) is 24.3 Å². The van der Waals surface area contributed by atoms with E-state index in [0.29, 0.717) is 21.6 Å². The summed E-state index contributed by atoms with van der Waals surface area (Å²) in [5, 5.41) is 3.02. The normalized spacial score (nSPS) is 10.5. The second-order valence-electron chi connectivity index (χ2n) is 3.98. The van der Waals surface area contributed by atoms with E-state index >= 15 is 0 Å². The van der Waals surface area contributed by atoms with Crippen molar-refractivity contribution in [3.05, 3.63) is 46.8 Å². The lowest BCUT2D eigenvalue weighted by Gasteiger charge is -2.08. The van der Waals surface area contributed by atoms with Crippen LogP contribution in [0, 0.1) is 0 Å². The van der Waals surface area contributed by atoms with Gasteiger partial charge in [-0.25, -0.2) is 4.79 Å². The minimum atomic E-state index is -2.61. The van der Waals surface area contributed by atoms with Gasteiger partial charge in [0.1, 0.15) is 4.88 Å². The SMILES string of the molecule is COC(=O)c1ccc(NC(=O)c2ccccc2SC(F)F)s1. The number of carbonyl (C=O) groups is 2. The molecule has 4 nitrogen and oxygen atoms in total. The number of carbonyl (C=O) groups excluding carboxylic acids is 2. The highest BCUT2D eigenvalue weighted by Crippen LogP contribution is 2.29. The largest absolute Gasteiger partial charge is 0.465 e. The predicted octanol–water partition coefficient (Wildman–Crippen LogP) is 4.10. The van der Waals surface area contributed by atoms with Gasteiger partial charge >= 0.3 is 5.97 Å². The lowest BCUT2D eigenvalue weighted by Crippen LogP contribution is -2.12. The third-order valence-corrected chi connectivity index (χ3v) is 4.35. The fraction of sp³-hybridized carbons (Fsp3) is 0.143. The number of alkyl halides is 2. The van der Waals surface area contributed by atoms with Crippen LogP contribution in [0.3, 0.4) is 0 Å². The maximum absolute atomic E-state index is 12.5. The molecule has 8 heteroatoms. The average Bonchev–Trinajstić information content (AvgIpc) is 2.94. The molecule has 2 aromatic rings. The van der Waals surface area contributed by atoms with E-state index in [9.17, 15) is 18.4 Å². The number of esters is 1. The van der Waals surface area contributed by atoms with Crippen LogP contribution < -0.4 is 5.32 Å². The van der Waals surface area contributed by atoms with Crippen LogP contribution in [0.5, 0.6) is 0 Å². The fourth-order valence-electron chi connectivity index (χ4n) is 1.65. The molecule has 1 heterocycles. The quantitative estimate of drug-likeness (QED) is 0.656. The standard InChI is InChI=1S/C14H11F2NO3S2/c1-20-13(19)10-6-7-11(21-10)17-12(18)8-4-2-3-5-9(8)22-14(15)16/h2-7,14H,1H3,(H,17,18). The van der Waals surface area contributed by atoms with Crippen LogP contribution in [0.1, 0.15) is 20.0 Å². The van der Waals surface area contributed by atoms with Crippen LogP contribution in [0.2, 0.25) is 0 Å². The summed E-state index contributed by atoms with van der Waals surface area (Å²) in [6, 6.07) is 9.18. The number of ether oxygens (including phenoxy) is 1. The van der Waals surface area contributed by atoms with Crippen molar-refractivity contribution < 1.29 is 23.1 Å². The number of hydrogen-bond donors (Lipinski definition) is 1. The first-order chi connectivity index (χ1) is 10.5. The van der Waals surface area contributed by atoms with E-state index in [0.717, 1.165) is 11.3 Å². The smallest absolute Gasteiger partial charge is 0.348 e. The monoisotopic (exact) mass is 343 g/mol. The molecule has 0 fully saturated rings. The van der Waals surface area contributed by atoms with Crippen molar-refractivity contribution in [1.82, 2.24) is 0 Å². The molecule has 0 radical (unpaired) electrons. The minimum absolute atomic E-state index is 0.154. The maximum Gasteiger partial charge on any atom is 0.348 e. The topological polar surface area (TPSA) is 55.4 Å². The average molecular weight is 343 g/mol. The van der Waals surface area contributed by atoms with E-state index in [1.807, 2.05) is 0 Å². The molecular weight excluding hydrogens is 332 g/mol. The van der Waals surface area contributed by atoms with Crippen LogP contribution in [0.15, 0.2) is 41.3 Å². The number of halogens is 2. The van der Waals surface area contributed by atoms with Crippen LogP contribution in [0.25, 0.3) is 0 Å². The number of thiophene rings is 1. The highest BCUT2D eigenvalue weighted by molar-refractivity contribution is 7.99. The molecule has 0 aliphatic heterocycles. The fourth-order valence-corrected chi connectivity index (χ4v) is 3.10. The maximum atomic E-state index is 12.5. The van der Waals surface area contributed by atoms with Gasteiger partial charge in [0.25, 0.3) is 11.7 Å². The van der Waals surface area contributed by atoms with E-state index in [2.05, 4.69) is 10.1 Å². The summed E-state index contributed by atoms with van der Waals surface area (Å²) in [5.41, 5.74) is 0.154. The first-order valence-electron chi connectivity index (χ1n) is 6.04. The Morgan fingerprint density at radius 3 is 2.64 bits per heavy atom. The molecule has 1 aromatic carbocycles. The second kappa shape index (κ2) is 7.37. The van der Waals surface area contributed by atoms with Gasteiger partial charge in [-0.1, -0.05) is 23.9 Å². The molecule has 0 atom stereocenters. The molecular formula is C14H11F2NO3S2. The van der Waals surface area contributed by atoms with E-state index in [-0.39, 0.29) is 10.5 Å². The number of benzene rings is 1. The third kappa shape index (κ3) is 4.05. The van der Waals surface area contributed by atoms with Gasteiger partial charge in [0.05, 0.1) is 17.7 Å². The number of hydrogen-bond acceptors (Lipinski definition) is 5. The van der Waals surface area contributed by atoms with E-state index in [1.165, 1.54) is 25.3 Å². The molecule has 1 aromatic heterocycles. The van der Waals surface area contributed by atoms with E-state index in [4.69, 9.17) is 0 Å². The molecule has 0 aliphatic rings. The Labute approximate surface area is 133 Å². The van der Waals surface area contributed by atoms with Crippen LogP contribution in [-0.2, 0) is 4.74 Å². The van der Waals surface area contributed by atoms with Crippen molar-refractivity contribution >= 4 is 40.0 Å². The van der Waals surface area contributed by atoms with Gasteiger partial charge in [0.2, 0.25) is 0 Å². The Balaban J connectivity index is 2.15. The molecule has 1 amide bonds. The highest BCUT2D eigenvalue weighted by Gasteiger charge is 2.16. The summed E-state index contributed by atoms with van der Waals surface area (Å²) in [6.45, 7) is 0. The minimum Gasteiger partial charge on any atom is -0.465 e. The van der Waals surface area contributed by atoms with Crippen LogP contribution in [0.4, 0.5) is 13.8 Å². The van der Waals surface area contributed by atoms with Crippen LogP contribution >= 0.6 is 23.1 Å². The number of rotatable bonds is 5. The van der Waals surface area contributed by atoms with Crippen molar-refractivity contribution in [2.45, 2.75) is 10.7 Å². The molecule has 1 N–H and O–H groups in total. The van der Waals surface area contributed by atoms with E-state index < -0.39 is 17.6 Å². The van der Waals surface area contributed by atoms with Gasteiger partial charge in [-0.2, -0.15) is 8.78 Å². The van der Waals surface area contributed by atoms with Crippen molar-refractivity contribution in [3.8, 4) is 0 Å². The lowest BCUT2D eigenvalue weighted by atomic mass is 10.2. The molecule has 0 aliphatic carbocycles. The van der Waals surface area contributed by atoms with Crippen molar-refractivity contribution in [2.24, 2.45) is 0 Å². The number of amides is 1. The molecule has 22 heavy (non-hydrogen) atoms. The molecule has 0 bridgehead atoms. The van der Waals surface area contributed by atoms with Crippen molar-refractivity contribution in [3.63, 3.8) is 0 Å². The highest BCUT2D eigenvalue weighted by atomic mass is 32.2. The molecule has 0 spiro atoms. The molecule has 0 saturated heterocycles. The van der Waals surface area contributed by atoms with Gasteiger partial charge in [-0.15, -0.1) is 11.3 Å². The summed E-state index contributed by atoms with van der Waals surface area (Å²) in [6.07, 6.45) is 0. The Kier molecular flexibility index (Phi) is 5.51. The Morgan fingerprint density at radius 2 is 1.95 bits per heavy atom. The number of nitrogens with one attached hydrogen (secondary N) is 1. The molecule has 116 valence electrons. The summed E-state index contributed by atoms with van der Waals surface area (Å²) >= 11 is 1.36. The molecule has 0 unspecified atom stereocenters.